The molecule has 0 radical (unpaired) electrons. The number of quaternary nitrogens is 1. The summed E-state index contributed by atoms with van der Waals surface area (Å²) >= 11 is 0. The summed E-state index contributed by atoms with van der Waals surface area (Å²) in [5, 5.41) is 11.1. The van der Waals surface area contributed by atoms with Crippen LogP contribution in [0.15, 0.2) is 54.1 Å². The van der Waals surface area contributed by atoms with Crippen molar-refractivity contribution in [1.29, 1.82) is 0 Å². The van der Waals surface area contributed by atoms with Gasteiger partial charge in [-0.1, -0.05) is 36.4 Å². The summed E-state index contributed by atoms with van der Waals surface area (Å²) in [4.78, 5) is 29.2. The molecule has 2 aromatic rings. The highest BCUT2D eigenvalue weighted by molar-refractivity contribution is 6.46. The van der Waals surface area contributed by atoms with Gasteiger partial charge < -0.3 is 29.1 Å². The lowest BCUT2D eigenvalue weighted by Crippen LogP contribution is -3.14. The summed E-state index contributed by atoms with van der Waals surface area (Å²) in [5.74, 6) is -0.457. The normalized spacial score (nSPS) is 20.8. The van der Waals surface area contributed by atoms with E-state index in [9.17, 15) is 14.7 Å². The first kappa shape index (κ1) is 22.8. The minimum atomic E-state index is -0.731. The molecule has 0 bridgehead atoms. The predicted molar refractivity (Wildman–Crippen MR) is 121 cm³/mol. The molecule has 33 heavy (non-hydrogen) atoms. The fourth-order valence-electron chi connectivity index (χ4n) is 4.42. The number of aliphatic hydroxyl groups excluding tert-OH is 1. The third-order valence-corrected chi connectivity index (χ3v) is 6.22. The van der Waals surface area contributed by atoms with Gasteiger partial charge in [0.05, 0.1) is 52.1 Å². The summed E-state index contributed by atoms with van der Waals surface area (Å²) in [6.07, 6.45) is 0. The van der Waals surface area contributed by atoms with Crippen LogP contribution < -0.4 is 14.4 Å². The summed E-state index contributed by atoms with van der Waals surface area (Å²) < 4.78 is 16.2. The van der Waals surface area contributed by atoms with Crippen LogP contribution in [0.1, 0.15) is 17.2 Å². The molecule has 1 atom stereocenters. The quantitative estimate of drug-likeness (QED) is 0.370. The van der Waals surface area contributed by atoms with Gasteiger partial charge in [-0.15, -0.1) is 0 Å². The monoisotopic (exact) mass is 453 g/mol. The Morgan fingerprint density at radius 3 is 2.42 bits per heavy atom. The number of amides is 1. The number of hydrogen-bond acceptors (Lipinski definition) is 6. The average molecular weight is 454 g/mol. The number of ether oxygens (including phenoxy) is 3. The van der Waals surface area contributed by atoms with Crippen molar-refractivity contribution in [3.05, 3.63) is 65.2 Å². The lowest BCUT2D eigenvalue weighted by atomic mass is 9.95. The number of Topliss-reactive ketones (excluding diaryl/α,β-unsaturated/α-hetero) is 1. The number of carbonyl (C=O) groups excluding carboxylic acids is 2. The maximum Gasteiger partial charge on any atom is 0.295 e. The summed E-state index contributed by atoms with van der Waals surface area (Å²) in [5.41, 5.74) is 1.23. The molecule has 8 nitrogen and oxygen atoms in total. The molecule has 0 unspecified atom stereocenters. The number of nitrogens with one attached hydrogen (secondary N) is 1. The molecule has 2 aromatic carbocycles. The van der Waals surface area contributed by atoms with Crippen LogP contribution in [0.2, 0.25) is 0 Å². The van der Waals surface area contributed by atoms with Crippen molar-refractivity contribution in [2.75, 3.05) is 53.6 Å². The topological polar surface area (TPSA) is 89.7 Å². The second kappa shape index (κ2) is 10.1. The van der Waals surface area contributed by atoms with Crippen LogP contribution in [0.4, 0.5) is 0 Å². The Hall–Kier alpha value is -3.36. The molecule has 174 valence electrons. The number of carbonyl (C=O) groups is 2. The first-order valence-electron chi connectivity index (χ1n) is 11.0. The van der Waals surface area contributed by atoms with Crippen molar-refractivity contribution in [2.45, 2.75) is 6.04 Å². The van der Waals surface area contributed by atoms with Gasteiger partial charge >= 0.3 is 0 Å². The summed E-state index contributed by atoms with van der Waals surface area (Å²) in [6.45, 7) is 4.14. The number of hydrogen-bond donors (Lipinski definition) is 2. The van der Waals surface area contributed by atoms with E-state index in [1.807, 2.05) is 6.07 Å². The SMILES string of the molecule is COc1ccc([C@@H]2C(=C(O)c3ccccc3)C(=O)C(=O)N2CC[NH+]2CCOCC2)cc1OC. The van der Waals surface area contributed by atoms with Crippen molar-refractivity contribution in [3.63, 3.8) is 0 Å². The Labute approximate surface area is 193 Å². The van der Waals surface area contributed by atoms with E-state index < -0.39 is 17.7 Å². The fraction of sp³-hybridized carbons (Fsp3) is 0.360. The summed E-state index contributed by atoms with van der Waals surface area (Å²) in [6, 6.07) is 13.4. The van der Waals surface area contributed by atoms with Gasteiger partial charge in [0, 0.05) is 5.56 Å². The number of nitrogens with zero attached hydrogens (tertiary/aromatic N) is 1. The van der Waals surface area contributed by atoms with Gasteiger partial charge in [-0.25, -0.2) is 0 Å². The molecule has 0 spiro atoms. The molecule has 1 amide bonds. The number of methoxy groups -OCH3 is 2. The molecule has 2 fully saturated rings. The lowest BCUT2D eigenvalue weighted by molar-refractivity contribution is -0.907. The van der Waals surface area contributed by atoms with Crippen molar-refractivity contribution in [1.82, 2.24) is 4.90 Å². The first-order chi connectivity index (χ1) is 16.0. The van der Waals surface area contributed by atoms with Crippen LogP contribution in [0.3, 0.4) is 0 Å². The molecule has 8 heteroatoms. The predicted octanol–water partition coefficient (Wildman–Crippen LogP) is 1.04. The van der Waals surface area contributed by atoms with E-state index in [2.05, 4.69) is 0 Å². The van der Waals surface area contributed by atoms with Crippen LogP contribution in [0.5, 0.6) is 11.5 Å². The van der Waals surface area contributed by atoms with Gasteiger partial charge in [0.1, 0.15) is 18.8 Å². The van der Waals surface area contributed by atoms with Crippen LogP contribution in [0, 0.1) is 0 Å². The van der Waals surface area contributed by atoms with Crippen LogP contribution in [-0.2, 0) is 14.3 Å². The standard InChI is InChI=1S/C25H28N2O6/c1-31-19-9-8-18(16-20(19)32-2)22-21(23(28)17-6-4-3-5-7-17)24(29)25(30)27(22)11-10-26-12-14-33-15-13-26/h3-9,16,22,28H,10-15H2,1-2H3/p+1/t22-/m1/s1. The van der Waals surface area contributed by atoms with Crippen molar-refractivity contribution in [3.8, 4) is 11.5 Å². The molecule has 0 aromatic heterocycles. The molecule has 2 aliphatic heterocycles. The Balaban J connectivity index is 1.77. The highest BCUT2D eigenvalue weighted by atomic mass is 16.5. The van der Waals surface area contributed by atoms with E-state index in [4.69, 9.17) is 14.2 Å². The highest BCUT2D eigenvalue weighted by Crippen LogP contribution is 2.41. The van der Waals surface area contributed by atoms with E-state index in [1.165, 1.54) is 12.0 Å². The number of rotatable bonds is 7. The molecule has 0 aliphatic carbocycles. The Kier molecular flexibility index (Phi) is 6.96. The minimum Gasteiger partial charge on any atom is -0.507 e. The number of ketones is 1. The van der Waals surface area contributed by atoms with Crippen LogP contribution in [0.25, 0.3) is 5.76 Å². The van der Waals surface area contributed by atoms with Gasteiger partial charge in [-0.3, -0.25) is 9.59 Å². The second-order valence-corrected chi connectivity index (χ2v) is 8.09. The van der Waals surface area contributed by atoms with Crippen LogP contribution in [-0.4, -0.2) is 75.3 Å². The van der Waals surface area contributed by atoms with Gasteiger partial charge in [0.2, 0.25) is 0 Å². The van der Waals surface area contributed by atoms with E-state index in [0.29, 0.717) is 48.9 Å². The molecule has 2 saturated heterocycles. The minimum absolute atomic E-state index is 0.0791. The van der Waals surface area contributed by atoms with E-state index >= 15 is 0 Å². The van der Waals surface area contributed by atoms with Gasteiger partial charge in [-0.2, -0.15) is 0 Å². The Bertz CT molecular complexity index is 1050. The zero-order valence-corrected chi connectivity index (χ0v) is 18.9. The van der Waals surface area contributed by atoms with Crippen molar-refractivity contribution < 1.29 is 33.8 Å². The molecule has 2 N–H and O–H groups in total. The molecular weight excluding hydrogens is 424 g/mol. The van der Waals surface area contributed by atoms with Gasteiger partial charge in [0.25, 0.3) is 11.7 Å². The molecular formula is C25H29N2O6+. The molecule has 2 heterocycles. The number of morpholine rings is 1. The fourth-order valence-corrected chi connectivity index (χ4v) is 4.42. The number of likely N-dealkylation sites (tertiary alicyclic amines) is 1. The van der Waals surface area contributed by atoms with E-state index in [-0.39, 0.29) is 11.3 Å². The zero-order chi connectivity index (χ0) is 23.4. The smallest absolute Gasteiger partial charge is 0.295 e. The van der Waals surface area contributed by atoms with Crippen molar-refractivity contribution >= 4 is 17.4 Å². The van der Waals surface area contributed by atoms with Crippen LogP contribution >= 0.6 is 0 Å². The zero-order valence-electron chi connectivity index (χ0n) is 18.9. The highest BCUT2D eigenvalue weighted by Gasteiger charge is 2.46. The third kappa shape index (κ3) is 4.58. The molecule has 2 aliphatic rings. The Morgan fingerprint density at radius 2 is 1.76 bits per heavy atom. The maximum atomic E-state index is 13.2. The third-order valence-electron chi connectivity index (χ3n) is 6.22. The van der Waals surface area contributed by atoms with Crippen molar-refractivity contribution in [2.24, 2.45) is 0 Å². The van der Waals surface area contributed by atoms with Gasteiger partial charge in [0.15, 0.2) is 11.5 Å². The largest absolute Gasteiger partial charge is 0.507 e. The first-order valence-corrected chi connectivity index (χ1v) is 11.0. The lowest BCUT2D eigenvalue weighted by Gasteiger charge is -2.29. The maximum absolute atomic E-state index is 13.2. The Morgan fingerprint density at radius 1 is 1.06 bits per heavy atom. The van der Waals surface area contributed by atoms with E-state index in [0.717, 1.165) is 13.1 Å². The average Bonchev–Trinajstić information content (AvgIpc) is 3.12. The number of benzene rings is 2. The molecule has 4 rings (SSSR count). The van der Waals surface area contributed by atoms with E-state index in [1.54, 1.807) is 54.5 Å². The second-order valence-electron chi connectivity index (χ2n) is 8.09. The number of aliphatic hydroxyl groups is 1. The molecule has 0 saturated carbocycles. The van der Waals surface area contributed by atoms with Gasteiger partial charge in [-0.05, 0) is 17.7 Å². The summed E-state index contributed by atoms with van der Waals surface area (Å²) in [7, 11) is 3.08.